The third-order valence-corrected chi connectivity index (χ3v) is 4.99. The van der Waals surface area contributed by atoms with Crippen LogP contribution in [0.5, 0.6) is 0 Å². The Morgan fingerprint density at radius 2 is 1.85 bits per heavy atom. The summed E-state index contributed by atoms with van der Waals surface area (Å²) < 4.78 is 62.8. The summed E-state index contributed by atoms with van der Waals surface area (Å²) in [5.74, 6) is 0. The molecule has 0 saturated heterocycles. The quantitative estimate of drug-likeness (QED) is 0.742. The number of hydrogen-bond donors (Lipinski definition) is 0. The van der Waals surface area contributed by atoms with Gasteiger partial charge < -0.3 is 0 Å². The molecule has 0 amide bonds. The summed E-state index contributed by atoms with van der Waals surface area (Å²) in [6.07, 6.45) is -4.58. The van der Waals surface area contributed by atoms with Crippen LogP contribution in [-0.2, 0) is 10.0 Å². The van der Waals surface area contributed by atoms with E-state index in [0.717, 1.165) is 0 Å². The van der Waals surface area contributed by atoms with Gasteiger partial charge in [0.05, 0.1) is 4.90 Å². The molecule has 0 aliphatic carbocycles. The van der Waals surface area contributed by atoms with Crippen molar-refractivity contribution in [1.29, 1.82) is 0 Å². The molecule has 0 bridgehead atoms. The van der Waals surface area contributed by atoms with E-state index in [4.69, 9.17) is 0 Å². The summed E-state index contributed by atoms with van der Waals surface area (Å²) in [5, 5.41) is 0.132. The standard InChI is InChI=1S/C12H15BrF3NO2S/c1-9-3-4-10(2)11(7-9)20(18,19)17(6-5-13)8-12(14,15)16/h3-4,7H,5-6,8H2,1-2H3. The van der Waals surface area contributed by atoms with Crippen LogP contribution in [0.15, 0.2) is 23.1 Å². The fourth-order valence-electron chi connectivity index (χ4n) is 1.70. The molecule has 0 aliphatic heterocycles. The summed E-state index contributed by atoms with van der Waals surface area (Å²) in [5.41, 5.74) is 1.11. The van der Waals surface area contributed by atoms with Gasteiger partial charge in [-0.3, -0.25) is 0 Å². The van der Waals surface area contributed by atoms with Crippen molar-refractivity contribution in [2.45, 2.75) is 24.9 Å². The molecule has 20 heavy (non-hydrogen) atoms. The minimum Gasteiger partial charge on any atom is -0.207 e. The first kappa shape index (κ1) is 17.5. The predicted molar refractivity (Wildman–Crippen MR) is 74.5 cm³/mol. The van der Waals surface area contributed by atoms with Crippen molar-refractivity contribution in [2.24, 2.45) is 0 Å². The molecule has 8 heteroatoms. The monoisotopic (exact) mass is 373 g/mol. The Kier molecular flexibility index (Phi) is 5.62. The van der Waals surface area contributed by atoms with Gasteiger partial charge in [0.2, 0.25) is 10.0 Å². The predicted octanol–water partition coefficient (Wildman–Crippen LogP) is 3.25. The number of nitrogens with zero attached hydrogens (tertiary/aromatic N) is 1. The first-order valence-corrected chi connectivity index (χ1v) is 8.34. The van der Waals surface area contributed by atoms with Crippen molar-refractivity contribution in [2.75, 3.05) is 18.4 Å². The number of sulfonamides is 1. The number of hydrogen-bond acceptors (Lipinski definition) is 2. The molecule has 0 N–H and O–H groups in total. The largest absolute Gasteiger partial charge is 0.402 e. The highest BCUT2D eigenvalue weighted by Crippen LogP contribution is 2.25. The van der Waals surface area contributed by atoms with Gasteiger partial charge in [0.1, 0.15) is 6.54 Å². The van der Waals surface area contributed by atoms with Crippen LogP contribution in [0.3, 0.4) is 0 Å². The van der Waals surface area contributed by atoms with Crippen LogP contribution >= 0.6 is 15.9 Å². The molecule has 1 aromatic carbocycles. The second-order valence-electron chi connectivity index (χ2n) is 4.41. The average Bonchev–Trinajstić information content (AvgIpc) is 2.30. The maximum absolute atomic E-state index is 12.5. The maximum atomic E-state index is 12.5. The van der Waals surface area contributed by atoms with Crippen molar-refractivity contribution in [3.05, 3.63) is 29.3 Å². The van der Waals surface area contributed by atoms with Crippen molar-refractivity contribution < 1.29 is 21.6 Å². The van der Waals surface area contributed by atoms with E-state index in [2.05, 4.69) is 15.9 Å². The van der Waals surface area contributed by atoms with Gasteiger partial charge in [-0.1, -0.05) is 28.1 Å². The van der Waals surface area contributed by atoms with Gasteiger partial charge in [-0.15, -0.1) is 0 Å². The number of benzene rings is 1. The first-order valence-electron chi connectivity index (χ1n) is 5.78. The van der Waals surface area contributed by atoms with Crippen LogP contribution in [0.1, 0.15) is 11.1 Å². The molecule has 0 unspecified atom stereocenters. The first-order chi connectivity index (χ1) is 9.08. The second-order valence-corrected chi connectivity index (χ2v) is 7.11. The zero-order valence-corrected chi connectivity index (χ0v) is 13.4. The van der Waals surface area contributed by atoms with Crippen molar-refractivity contribution in [3.8, 4) is 0 Å². The summed E-state index contributed by atoms with van der Waals surface area (Å²) >= 11 is 2.98. The van der Waals surface area contributed by atoms with Gasteiger partial charge in [0, 0.05) is 11.9 Å². The third kappa shape index (κ3) is 4.46. The van der Waals surface area contributed by atoms with E-state index in [1.165, 1.54) is 6.07 Å². The minimum atomic E-state index is -4.58. The van der Waals surface area contributed by atoms with E-state index in [1.54, 1.807) is 26.0 Å². The molecular formula is C12H15BrF3NO2S. The fraction of sp³-hybridized carbons (Fsp3) is 0.500. The van der Waals surface area contributed by atoms with Crippen molar-refractivity contribution in [1.82, 2.24) is 4.31 Å². The molecule has 0 aliphatic rings. The van der Waals surface area contributed by atoms with E-state index < -0.39 is 22.7 Å². The molecule has 3 nitrogen and oxygen atoms in total. The summed E-state index contributed by atoms with van der Waals surface area (Å²) in [4.78, 5) is -0.0808. The van der Waals surface area contributed by atoms with Gasteiger partial charge in [0.15, 0.2) is 0 Å². The molecule has 0 spiro atoms. The zero-order chi connectivity index (χ0) is 15.6. The van der Waals surface area contributed by atoms with E-state index >= 15 is 0 Å². The van der Waals surface area contributed by atoms with Gasteiger partial charge in [0.25, 0.3) is 0 Å². The molecule has 0 heterocycles. The molecule has 1 aromatic rings. The van der Waals surface area contributed by atoms with E-state index in [-0.39, 0.29) is 16.8 Å². The normalized spacial score (nSPS) is 12.9. The number of rotatable bonds is 5. The van der Waals surface area contributed by atoms with Gasteiger partial charge in [-0.2, -0.15) is 17.5 Å². The third-order valence-electron chi connectivity index (χ3n) is 2.65. The van der Waals surface area contributed by atoms with E-state index in [1.807, 2.05) is 0 Å². The van der Waals surface area contributed by atoms with Crippen LogP contribution in [0.4, 0.5) is 13.2 Å². The molecule has 0 aromatic heterocycles. The number of halogens is 4. The number of alkyl halides is 4. The topological polar surface area (TPSA) is 37.4 Å². The lowest BCUT2D eigenvalue weighted by atomic mass is 10.2. The summed E-state index contributed by atoms with van der Waals surface area (Å²) in [6, 6.07) is 4.69. The zero-order valence-electron chi connectivity index (χ0n) is 11.0. The molecule has 0 atom stereocenters. The van der Waals surface area contributed by atoms with Gasteiger partial charge >= 0.3 is 6.18 Å². The minimum absolute atomic E-state index is 0.0808. The lowest BCUT2D eigenvalue weighted by Gasteiger charge is -2.23. The molecule has 0 radical (unpaired) electrons. The van der Waals surface area contributed by atoms with Crippen LogP contribution < -0.4 is 0 Å². The van der Waals surface area contributed by atoms with Crippen molar-refractivity contribution in [3.63, 3.8) is 0 Å². The Morgan fingerprint density at radius 3 is 2.35 bits per heavy atom. The Bertz CT molecular complexity index is 573. The van der Waals surface area contributed by atoms with Crippen LogP contribution in [-0.4, -0.2) is 37.3 Å². The Morgan fingerprint density at radius 1 is 1.25 bits per heavy atom. The summed E-state index contributed by atoms with van der Waals surface area (Å²) in [7, 11) is -4.17. The van der Waals surface area contributed by atoms with Crippen LogP contribution in [0.2, 0.25) is 0 Å². The Hall–Kier alpha value is -0.600. The highest BCUT2D eigenvalue weighted by atomic mass is 79.9. The fourth-order valence-corrected chi connectivity index (χ4v) is 4.10. The van der Waals surface area contributed by atoms with E-state index in [0.29, 0.717) is 15.4 Å². The van der Waals surface area contributed by atoms with Crippen molar-refractivity contribution >= 4 is 26.0 Å². The van der Waals surface area contributed by atoms with Crippen LogP contribution in [0, 0.1) is 13.8 Å². The molecule has 0 saturated carbocycles. The number of aryl methyl sites for hydroxylation is 2. The smallest absolute Gasteiger partial charge is 0.207 e. The highest BCUT2D eigenvalue weighted by molar-refractivity contribution is 9.09. The lowest BCUT2D eigenvalue weighted by Crippen LogP contribution is -2.40. The molecular weight excluding hydrogens is 359 g/mol. The van der Waals surface area contributed by atoms with E-state index in [9.17, 15) is 21.6 Å². The molecule has 0 fully saturated rings. The SMILES string of the molecule is Cc1ccc(C)c(S(=O)(=O)N(CCBr)CC(F)(F)F)c1. The molecule has 1 rings (SSSR count). The van der Waals surface area contributed by atoms with Gasteiger partial charge in [-0.05, 0) is 31.0 Å². The highest BCUT2D eigenvalue weighted by Gasteiger charge is 2.37. The Labute approximate surface area is 125 Å². The lowest BCUT2D eigenvalue weighted by molar-refractivity contribution is -0.135. The second kappa shape index (κ2) is 6.44. The summed E-state index contributed by atoms with van der Waals surface area (Å²) in [6.45, 7) is 1.52. The van der Waals surface area contributed by atoms with Crippen LogP contribution in [0.25, 0.3) is 0 Å². The van der Waals surface area contributed by atoms with Gasteiger partial charge in [-0.25, -0.2) is 8.42 Å². The average molecular weight is 374 g/mol. The maximum Gasteiger partial charge on any atom is 0.402 e. The Balaban J connectivity index is 3.26. The molecule has 114 valence electrons.